The van der Waals surface area contributed by atoms with Gasteiger partial charge in [0.2, 0.25) is 5.91 Å². The molecule has 1 amide bonds. The third-order valence-electron chi connectivity index (χ3n) is 4.01. The van der Waals surface area contributed by atoms with Crippen LogP contribution in [0.15, 0.2) is 24.3 Å². The number of hydrogen-bond acceptors (Lipinski definition) is 3. The Labute approximate surface area is 138 Å². The molecule has 0 aromatic heterocycles. The second-order valence-electron chi connectivity index (χ2n) is 5.98. The number of amides is 1. The molecule has 1 aliphatic rings. The molecule has 1 fully saturated rings. The lowest BCUT2D eigenvalue weighted by Gasteiger charge is -2.29. The van der Waals surface area contributed by atoms with Crippen molar-refractivity contribution in [3.63, 3.8) is 0 Å². The third kappa shape index (κ3) is 5.95. The van der Waals surface area contributed by atoms with Gasteiger partial charge in [-0.3, -0.25) is 9.69 Å². The largest absolute Gasteiger partial charge is 0.325 e. The van der Waals surface area contributed by atoms with E-state index in [1.807, 2.05) is 12.1 Å². The molecule has 2 N–H and O–H groups in total. The molecule has 4 nitrogen and oxygen atoms in total. The first-order valence-corrected chi connectivity index (χ1v) is 8.53. The number of carbonyl (C=O) groups excluding carboxylic acids is 1. The van der Waals surface area contributed by atoms with Crippen LogP contribution >= 0.6 is 11.6 Å². The third-order valence-corrected chi connectivity index (χ3v) is 4.26. The summed E-state index contributed by atoms with van der Waals surface area (Å²) in [6.07, 6.45) is 3.48. The first-order chi connectivity index (χ1) is 10.7. The van der Waals surface area contributed by atoms with E-state index >= 15 is 0 Å². The molecule has 1 aromatic carbocycles. The summed E-state index contributed by atoms with van der Waals surface area (Å²) in [6, 6.07) is 7.24. The minimum atomic E-state index is 0.0460. The number of anilines is 1. The van der Waals surface area contributed by atoms with Crippen molar-refractivity contribution in [3.8, 4) is 0 Å². The maximum atomic E-state index is 12.2. The van der Waals surface area contributed by atoms with Gasteiger partial charge >= 0.3 is 0 Å². The summed E-state index contributed by atoms with van der Waals surface area (Å²) in [7, 11) is 0. The highest BCUT2D eigenvalue weighted by molar-refractivity contribution is 6.30. The summed E-state index contributed by atoms with van der Waals surface area (Å²) >= 11 is 5.86. The summed E-state index contributed by atoms with van der Waals surface area (Å²) < 4.78 is 0. The topological polar surface area (TPSA) is 44.4 Å². The van der Waals surface area contributed by atoms with Gasteiger partial charge in [-0.25, -0.2) is 0 Å². The maximum Gasteiger partial charge on any atom is 0.238 e. The first kappa shape index (κ1) is 17.3. The zero-order valence-corrected chi connectivity index (χ0v) is 14.0. The van der Waals surface area contributed by atoms with E-state index < -0.39 is 0 Å². The zero-order valence-electron chi connectivity index (χ0n) is 13.3. The number of rotatable bonds is 7. The molecule has 0 aliphatic carbocycles. The van der Waals surface area contributed by atoms with E-state index in [1.165, 1.54) is 12.8 Å². The van der Waals surface area contributed by atoms with E-state index in [0.29, 0.717) is 17.5 Å². The van der Waals surface area contributed by atoms with E-state index in [9.17, 15) is 4.79 Å². The molecule has 0 saturated carbocycles. The maximum absolute atomic E-state index is 12.2. The summed E-state index contributed by atoms with van der Waals surface area (Å²) in [5.41, 5.74) is 0.799. The normalized spacial score (nSPS) is 16.0. The molecule has 0 bridgehead atoms. The predicted molar refractivity (Wildman–Crippen MR) is 92.4 cm³/mol. The van der Waals surface area contributed by atoms with Gasteiger partial charge < -0.3 is 10.6 Å². The molecule has 1 saturated heterocycles. The second kappa shape index (κ2) is 9.13. The number of nitrogens with zero attached hydrogens (tertiary/aromatic N) is 1. The van der Waals surface area contributed by atoms with Crippen molar-refractivity contribution in [1.82, 2.24) is 10.2 Å². The fourth-order valence-electron chi connectivity index (χ4n) is 2.92. The molecule has 22 heavy (non-hydrogen) atoms. The quantitative estimate of drug-likeness (QED) is 0.810. The molecule has 1 heterocycles. The summed E-state index contributed by atoms with van der Waals surface area (Å²) in [6.45, 7) is 6.80. The Kier molecular flexibility index (Phi) is 7.16. The fourth-order valence-corrected chi connectivity index (χ4v) is 3.04. The van der Waals surface area contributed by atoms with Crippen LogP contribution in [0.1, 0.15) is 26.2 Å². The second-order valence-corrected chi connectivity index (χ2v) is 6.42. The van der Waals surface area contributed by atoms with Crippen LogP contribution in [0.4, 0.5) is 5.69 Å². The molecule has 5 heteroatoms. The molecule has 0 spiro atoms. The molecule has 1 aliphatic heterocycles. The summed E-state index contributed by atoms with van der Waals surface area (Å²) in [4.78, 5) is 14.5. The molecule has 0 radical (unpaired) electrons. The van der Waals surface area contributed by atoms with Crippen molar-refractivity contribution in [2.45, 2.75) is 26.2 Å². The van der Waals surface area contributed by atoms with Gasteiger partial charge in [0.25, 0.3) is 0 Å². The zero-order chi connectivity index (χ0) is 15.8. The number of carbonyl (C=O) groups is 1. The Morgan fingerprint density at radius 1 is 1.32 bits per heavy atom. The van der Waals surface area contributed by atoms with Crippen molar-refractivity contribution >= 4 is 23.2 Å². The lowest BCUT2D eigenvalue weighted by Crippen LogP contribution is -2.40. The minimum absolute atomic E-state index is 0.0460. The minimum Gasteiger partial charge on any atom is -0.325 e. The molecule has 1 aromatic rings. The van der Waals surface area contributed by atoms with E-state index in [0.717, 1.165) is 38.3 Å². The van der Waals surface area contributed by atoms with Gasteiger partial charge in [0, 0.05) is 17.3 Å². The number of halogens is 1. The van der Waals surface area contributed by atoms with Crippen molar-refractivity contribution in [2.24, 2.45) is 5.92 Å². The highest BCUT2D eigenvalue weighted by Crippen LogP contribution is 2.15. The van der Waals surface area contributed by atoms with Crippen LogP contribution in [-0.4, -0.2) is 43.5 Å². The first-order valence-electron chi connectivity index (χ1n) is 8.16. The van der Waals surface area contributed by atoms with Crippen molar-refractivity contribution in [3.05, 3.63) is 29.3 Å². The Balaban J connectivity index is 1.83. The standard InChI is InChI=1S/C17H26ClN3O/c1-2-11-21(12-14-7-9-19-10-8-14)13-17(22)20-16-5-3-15(18)4-6-16/h3-6,14,19H,2,7-13H2,1H3,(H,20,22). The van der Waals surface area contributed by atoms with Crippen LogP contribution in [0, 0.1) is 5.92 Å². The Morgan fingerprint density at radius 2 is 2.00 bits per heavy atom. The van der Waals surface area contributed by atoms with Crippen LogP contribution < -0.4 is 10.6 Å². The van der Waals surface area contributed by atoms with Crippen molar-refractivity contribution < 1.29 is 4.79 Å². The van der Waals surface area contributed by atoms with E-state index in [2.05, 4.69) is 22.5 Å². The summed E-state index contributed by atoms with van der Waals surface area (Å²) in [5, 5.41) is 7.01. The number of piperidine rings is 1. The van der Waals surface area contributed by atoms with Crippen LogP contribution in [0.25, 0.3) is 0 Å². The fraction of sp³-hybridized carbons (Fsp3) is 0.588. The van der Waals surface area contributed by atoms with Gasteiger partial charge in [-0.1, -0.05) is 18.5 Å². The highest BCUT2D eigenvalue weighted by Gasteiger charge is 2.18. The van der Waals surface area contributed by atoms with Gasteiger partial charge in [-0.15, -0.1) is 0 Å². The van der Waals surface area contributed by atoms with Crippen LogP contribution in [-0.2, 0) is 4.79 Å². The lowest BCUT2D eigenvalue weighted by atomic mass is 9.97. The Morgan fingerprint density at radius 3 is 2.64 bits per heavy atom. The van der Waals surface area contributed by atoms with E-state index in [1.54, 1.807) is 12.1 Å². The van der Waals surface area contributed by atoms with E-state index in [-0.39, 0.29) is 5.91 Å². The number of nitrogens with one attached hydrogen (secondary N) is 2. The lowest BCUT2D eigenvalue weighted by molar-refractivity contribution is -0.117. The number of benzene rings is 1. The van der Waals surface area contributed by atoms with Crippen LogP contribution in [0.2, 0.25) is 5.02 Å². The molecular weight excluding hydrogens is 298 g/mol. The number of hydrogen-bond donors (Lipinski definition) is 2. The van der Waals surface area contributed by atoms with Gasteiger partial charge in [0.15, 0.2) is 0 Å². The Hall–Kier alpha value is -1.10. The van der Waals surface area contributed by atoms with Gasteiger partial charge in [-0.05, 0) is 69.1 Å². The molecule has 122 valence electrons. The summed E-state index contributed by atoms with van der Waals surface area (Å²) in [5.74, 6) is 0.751. The van der Waals surface area contributed by atoms with Crippen molar-refractivity contribution in [1.29, 1.82) is 0 Å². The van der Waals surface area contributed by atoms with E-state index in [4.69, 9.17) is 11.6 Å². The molecule has 2 rings (SSSR count). The highest BCUT2D eigenvalue weighted by atomic mass is 35.5. The SMILES string of the molecule is CCCN(CC(=O)Nc1ccc(Cl)cc1)CC1CCNCC1. The molecule has 0 unspecified atom stereocenters. The average Bonchev–Trinajstić information content (AvgIpc) is 2.51. The molecule has 0 atom stereocenters. The molecular formula is C17H26ClN3O. The van der Waals surface area contributed by atoms with Crippen LogP contribution in [0.3, 0.4) is 0 Å². The van der Waals surface area contributed by atoms with Gasteiger partial charge in [0.1, 0.15) is 0 Å². The average molecular weight is 324 g/mol. The predicted octanol–water partition coefficient (Wildman–Crippen LogP) is 2.99. The smallest absolute Gasteiger partial charge is 0.238 e. The van der Waals surface area contributed by atoms with Crippen molar-refractivity contribution in [2.75, 3.05) is 38.0 Å². The van der Waals surface area contributed by atoms with Gasteiger partial charge in [0.05, 0.1) is 6.54 Å². The van der Waals surface area contributed by atoms with Crippen LogP contribution in [0.5, 0.6) is 0 Å². The van der Waals surface area contributed by atoms with Gasteiger partial charge in [-0.2, -0.15) is 0 Å². The monoisotopic (exact) mass is 323 g/mol. The Bertz CT molecular complexity index is 457.